The highest BCUT2D eigenvalue weighted by Crippen LogP contribution is 2.46. The predicted octanol–water partition coefficient (Wildman–Crippen LogP) is 3.32. The highest BCUT2D eigenvalue weighted by Gasteiger charge is 2.65. The van der Waals surface area contributed by atoms with Crippen molar-refractivity contribution in [3.63, 3.8) is 0 Å². The van der Waals surface area contributed by atoms with Gasteiger partial charge in [-0.15, -0.1) is 0 Å². The molecule has 1 aliphatic rings. The van der Waals surface area contributed by atoms with Gasteiger partial charge in [0.05, 0.1) is 6.61 Å². The summed E-state index contributed by atoms with van der Waals surface area (Å²) in [5, 5.41) is 0. The minimum atomic E-state index is -4.95. The Morgan fingerprint density at radius 3 is 2.50 bits per heavy atom. The quantitative estimate of drug-likeness (QED) is 0.799. The van der Waals surface area contributed by atoms with Gasteiger partial charge in [0.15, 0.2) is 0 Å². The van der Waals surface area contributed by atoms with Gasteiger partial charge in [-0.2, -0.15) is 13.2 Å². The number of ether oxygens (including phenoxy) is 3. The van der Waals surface area contributed by atoms with E-state index in [1.165, 1.54) is 26.0 Å². The third kappa shape index (κ3) is 2.68. The van der Waals surface area contributed by atoms with Crippen LogP contribution in [0.3, 0.4) is 0 Å². The average Bonchev–Trinajstić information content (AvgIpc) is 2.45. The zero-order valence-electron chi connectivity index (χ0n) is 12.1. The van der Waals surface area contributed by atoms with Crippen molar-refractivity contribution in [2.45, 2.75) is 25.8 Å². The third-order valence-corrected chi connectivity index (χ3v) is 3.04. The smallest absolute Gasteiger partial charge is 0.460 e. The van der Waals surface area contributed by atoms with Crippen molar-refractivity contribution in [3.05, 3.63) is 35.4 Å². The van der Waals surface area contributed by atoms with Crippen LogP contribution in [0, 0.1) is 0 Å². The fourth-order valence-electron chi connectivity index (χ4n) is 2.16. The Morgan fingerprint density at radius 2 is 1.91 bits per heavy atom. The van der Waals surface area contributed by atoms with Crippen molar-refractivity contribution in [2.24, 2.45) is 0 Å². The van der Waals surface area contributed by atoms with Gasteiger partial charge in [0.2, 0.25) is 0 Å². The van der Waals surface area contributed by atoms with Crippen LogP contribution in [0.4, 0.5) is 13.2 Å². The number of halogens is 3. The molecule has 0 radical (unpaired) electrons. The van der Waals surface area contributed by atoms with Gasteiger partial charge in [0, 0.05) is 12.2 Å². The van der Waals surface area contributed by atoms with E-state index < -0.39 is 23.5 Å². The fraction of sp³-hybridized carbons (Fsp3) is 0.400. The second-order valence-electron chi connectivity index (χ2n) is 4.47. The van der Waals surface area contributed by atoms with Crippen molar-refractivity contribution >= 4 is 12.0 Å². The first-order chi connectivity index (χ1) is 10.4. The maximum absolute atomic E-state index is 13.6. The number of hydrogen-bond acceptors (Lipinski definition) is 4. The number of carbonyl (C=O) groups excluding carboxylic acids is 1. The van der Waals surface area contributed by atoms with Crippen LogP contribution in [-0.2, 0) is 14.3 Å². The summed E-state index contributed by atoms with van der Waals surface area (Å²) >= 11 is 0. The van der Waals surface area contributed by atoms with E-state index in [-0.39, 0.29) is 19.0 Å². The number of carbonyl (C=O) groups is 1. The Hall–Kier alpha value is -2.02. The molecule has 22 heavy (non-hydrogen) atoms. The minimum Gasteiger partial charge on any atom is -0.462 e. The van der Waals surface area contributed by atoms with E-state index in [0.29, 0.717) is 5.56 Å². The standard InChI is InChI=1S/C15H15F3O4/c1-3-20-13(19)11-9-10-7-5-6-8-12(10)22-14(11,21-4-2)15(16,17)18/h5-9H,3-4H2,1-2H3/t14-/m1/s1. The number of para-hydroxylation sites is 1. The molecule has 1 heterocycles. The second kappa shape index (κ2) is 6.00. The fourth-order valence-corrected chi connectivity index (χ4v) is 2.16. The van der Waals surface area contributed by atoms with Crippen LogP contribution in [0.2, 0.25) is 0 Å². The van der Waals surface area contributed by atoms with E-state index in [9.17, 15) is 18.0 Å². The van der Waals surface area contributed by atoms with Gasteiger partial charge in [0.25, 0.3) is 0 Å². The molecule has 0 amide bonds. The van der Waals surface area contributed by atoms with Gasteiger partial charge in [0.1, 0.15) is 11.3 Å². The molecule has 0 unspecified atom stereocenters. The molecular formula is C15H15F3O4. The number of benzene rings is 1. The van der Waals surface area contributed by atoms with Gasteiger partial charge >= 0.3 is 17.9 Å². The van der Waals surface area contributed by atoms with E-state index in [0.717, 1.165) is 6.08 Å². The molecule has 1 aromatic rings. The second-order valence-corrected chi connectivity index (χ2v) is 4.47. The number of fused-ring (bicyclic) bond motifs is 1. The van der Waals surface area contributed by atoms with Gasteiger partial charge < -0.3 is 14.2 Å². The summed E-state index contributed by atoms with van der Waals surface area (Å²) in [6.07, 6.45) is -3.85. The number of alkyl halides is 3. The van der Waals surface area contributed by atoms with Crippen LogP contribution in [0.25, 0.3) is 6.08 Å². The molecule has 1 aromatic carbocycles. The Kier molecular flexibility index (Phi) is 4.46. The molecule has 0 bridgehead atoms. The average molecular weight is 316 g/mol. The molecule has 0 saturated heterocycles. The van der Waals surface area contributed by atoms with Gasteiger partial charge in [-0.05, 0) is 26.0 Å². The largest absolute Gasteiger partial charge is 0.462 e. The molecule has 1 aliphatic heterocycles. The number of esters is 1. The molecule has 0 fully saturated rings. The molecule has 0 aromatic heterocycles. The molecule has 4 nitrogen and oxygen atoms in total. The first kappa shape index (κ1) is 16.4. The monoisotopic (exact) mass is 316 g/mol. The zero-order chi connectivity index (χ0) is 16.4. The van der Waals surface area contributed by atoms with Crippen molar-refractivity contribution < 1.29 is 32.2 Å². The van der Waals surface area contributed by atoms with Crippen LogP contribution in [0.5, 0.6) is 5.75 Å². The lowest BCUT2D eigenvalue weighted by Crippen LogP contribution is -2.57. The van der Waals surface area contributed by atoms with Crippen LogP contribution >= 0.6 is 0 Å². The van der Waals surface area contributed by atoms with E-state index >= 15 is 0 Å². The lowest BCUT2D eigenvalue weighted by molar-refractivity contribution is -0.332. The number of hydrogen-bond donors (Lipinski definition) is 0. The summed E-state index contributed by atoms with van der Waals surface area (Å²) in [7, 11) is 0. The third-order valence-electron chi connectivity index (χ3n) is 3.04. The van der Waals surface area contributed by atoms with Crippen LogP contribution in [-0.4, -0.2) is 31.1 Å². The number of rotatable bonds is 4. The van der Waals surface area contributed by atoms with Crippen molar-refractivity contribution in [1.29, 1.82) is 0 Å². The molecule has 0 spiro atoms. The summed E-state index contributed by atoms with van der Waals surface area (Å²) in [4.78, 5) is 12.0. The lowest BCUT2D eigenvalue weighted by Gasteiger charge is -2.38. The molecule has 1 atom stereocenters. The predicted molar refractivity (Wildman–Crippen MR) is 72.1 cm³/mol. The Morgan fingerprint density at radius 1 is 1.23 bits per heavy atom. The van der Waals surface area contributed by atoms with E-state index in [1.807, 2.05) is 0 Å². The van der Waals surface area contributed by atoms with Crippen molar-refractivity contribution in [3.8, 4) is 5.75 Å². The van der Waals surface area contributed by atoms with Crippen LogP contribution < -0.4 is 4.74 Å². The normalized spacial score (nSPS) is 20.7. The van der Waals surface area contributed by atoms with Gasteiger partial charge in [-0.1, -0.05) is 18.2 Å². The summed E-state index contributed by atoms with van der Waals surface area (Å²) in [6.45, 7) is 2.54. The summed E-state index contributed by atoms with van der Waals surface area (Å²) in [6, 6.07) is 6.09. The Bertz CT molecular complexity index is 595. The maximum atomic E-state index is 13.6. The highest BCUT2D eigenvalue weighted by molar-refractivity contribution is 5.97. The minimum absolute atomic E-state index is 0.0127. The van der Waals surface area contributed by atoms with E-state index in [2.05, 4.69) is 0 Å². The van der Waals surface area contributed by atoms with E-state index in [1.54, 1.807) is 12.1 Å². The topological polar surface area (TPSA) is 44.8 Å². The van der Waals surface area contributed by atoms with Gasteiger partial charge in [-0.3, -0.25) is 0 Å². The zero-order valence-corrected chi connectivity index (χ0v) is 12.1. The van der Waals surface area contributed by atoms with Crippen molar-refractivity contribution in [1.82, 2.24) is 0 Å². The SMILES string of the molecule is CCOC(=O)C1=Cc2ccccc2O[C@@]1(OCC)C(F)(F)F. The van der Waals surface area contributed by atoms with Crippen LogP contribution in [0.15, 0.2) is 29.8 Å². The summed E-state index contributed by atoms with van der Waals surface area (Å²) in [5.41, 5.74) is -0.368. The highest BCUT2D eigenvalue weighted by atomic mass is 19.4. The molecule has 0 saturated carbocycles. The van der Waals surface area contributed by atoms with E-state index in [4.69, 9.17) is 14.2 Å². The molecular weight excluding hydrogens is 301 g/mol. The Labute approximate surface area is 125 Å². The first-order valence-electron chi connectivity index (χ1n) is 6.73. The lowest BCUT2D eigenvalue weighted by atomic mass is 9.97. The molecule has 120 valence electrons. The summed E-state index contributed by atoms with van der Waals surface area (Å²) in [5.74, 6) is -4.30. The maximum Gasteiger partial charge on any atom is 0.460 e. The molecule has 0 aliphatic carbocycles. The van der Waals surface area contributed by atoms with Gasteiger partial charge in [-0.25, -0.2) is 4.79 Å². The summed E-state index contributed by atoms with van der Waals surface area (Å²) < 4.78 is 55.6. The molecule has 0 N–H and O–H groups in total. The molecule has 7 heteroatoms. The Balaban J connectivity index is 2.63. The van der Waals surface area contributed by atoms with Crippen molar-refractivity contribution in [2.75, 3.05) is 13.2 Å². The molecule has 2 rings (SSSR count). The first-order valence-corrected chi connectivity index (χ1v) is 6.73. The van der Waals surface area contributed by atoms with Crippen LogP contribution in [0.1, 0.15) is 19.4 Å².